The molecule has 1 aromatic heterocycles. The fourth-order valence-electron chi connectivity index (χ4n) is 0.987. The Morgan fingerprint density at radius 3 is 2.14 bits per heavy atom. The van der Waals surface area contributed by atoms with E-state index >= 15 is 0 Å². The maximum Gasteiger partial charge on any atom is 0.222 e. The summed E-state index contributed by atoms with van der Waals surface area (Å²) in [5.41, 5.74) is 0.776. The van der Waals surface area contributed by atoms with Gasteiger partial charge in [0.1, 0.15) is 0 Å². The molecule has 0 fully saturated rings. The minimum atomic E-state index is -0.401. The van der Waals surface area contributed by atoms with Crippen molar-refractivity contribution in [3.63, 3.8) is 0 Å². The second-order valence-corrected chi connectivity index (χ2v) is 2.87. The van der Waals surface area contributed by atoms with Gasteiger partial charge in [-0.2, -0.15) is 0 Å². The van der Waals surface area contributed by atoms with E-state index in [9.17, 15) is 0 Å². The number of rotatable bonds is 5. The van der Waals surface area contributed by atoms with Crippen molar-refractivity contribution in [1.82, 2.24) is 9.97 Å². The van der Waals surface area contributed by atoms with Crippen molar-refractivity contribution < 1.29 is 9.47 Å². The zero-order chi connectivity index (χ0) is 10.4. The van der Waals surface area contributed by atoms with Crippen LogP contribution in [0.4, 0.5) is 0 Å². The molecule has 0 spiro atoms. The first-order chi connectivity index (χ1) is 6.77. The van der Waals surface area contributed by atoms with E-state index in [1.54, 1.807) is 12.4 Å². The number of halogens is 1. The smallest absolute Gasteiger partial charge is 0.222 e. The van der Waals surface area contributed by atoms with Crippen LogP contribution >= 0.6 is 11.6 Å². The normalized spacial score (nSPS) is 10.9. The summed E-state index contributed by atoms with van der Waals surface area (Å²) < 4.78 is 10.7. The fraction of sp³-hybridized carbons (Fsp3) is 0.556. The Labute approximate surface area is 88.2 Å². The highest BCUT2D eigenvalue weighted by atomic mass is 35.5. The molecule has 5 heteroatoms. The van der Waals surface area contributed by atoms with Gasteiger partial charge in [0.25, 0.3) is 0 Å². The van der Waals surface area contributed by atoms with Crippen LogP contribution in [0.25, 0.3) is 0 Å². The molecule has 0 bridgehead atoms. The molecule has 4 nitrogen and oxygen atoms in total. The van der Waals surface area contributed by atoms with Crippen molar-refractivity contribution in [2.45, 2.75) is 20.1 Å². The highest BCUT2D eigenvalue weighted by Gasteiger charge is 2.11. The van der Waals surface area contributed by atoms with Crippen molar-refractivity contribution in [2.24, 2.45) is 0 Å². The molecule has 14 heavy (non-hydrogen) atoms. The summed E-state index contributed by atoms with van der Waals surface area (Å²) in [5, 5.41) is 0.223. The van der Waals surface area contributed by atoms with Gasteiger partial charge in [-0.05, 0) is 25.4 Å². The molecule has 1 heterocycles. The number of hydrogen-bond acceptors (Lipinski definition) is 4. The minimum absolute atomic E-state index is 0.223. The van der Waals surface area contributed by atoms with Crippen molar-refractivity contribution in [1.29, 1.82) is 0 Å². The molecule has 0 aliphatic carbocycles. The molecule has 0 aliphatic rings. The zero-order valence-corrected chi connectivity index (χ0v) is 8.99. The zero-order valence-electron chi connectivity index (χ0n) is 8.24. The average Bonchev–Trinajstić information content (AvgIpc) is 2.19. The van der Waals surface area contributed by atoms with Crippen LogP contribution in [0.15, 0.2) is 12.4 Å². The third kappa shape index (κ3) is 3.21. The SMILES string of the molecule is CCOC(OCC)c1cnc(Cl)nc1. The van der Waals surface area contributed by atoms with Gasteiger partial charge >= 0.3 is 0 Å². The third-order valence-corrected chi connectivity index (χ3v) is 1.74. The standard InChI is InChI=1S/C9H13ClN2O2/c1-3-13-8(14-4-2)7-5-11-9(10)12-6-7/h5-6,8H,3-4H2,1-2H3. The molecule has 0 aliphatic heterocycles. The topological polar surface area (TPSA) is 44.2 Å². The second kappa shape index (κ2) is 5.90. The predicted octanol–water partition coefficient (Wildman–Crippen LogP) is 2.20. The Bertz CT molecular complexity index is 260. The molecule has 1 aromatic rings. The van der Waals surface area contributed by atoms with Crippen LogP contribution < -0.4 is 0 Å². The number of ether oxygens (including phenoxy) is 2. The maximum atomic E-state index is 5.57. The van der Waals surface area contributed by atoms with E-state index in [2.05, 4.69) is 9.97 Å². The third-order valence-electron chi connectivity index (χ3n) is 1.55. The van der Waals surface area contributed by atoms with Crippen LogP contribution in [0.3, 0.4) is 0 Å². The fourth-order valence-corrected chi connectivity index (χ4v) is 1.08. The van der Waals surface area contributed by atoms with Gasteiger partial charge in [0.05, 0.1) is 0 Å². The van der Waals surface area contributed by atoms with Gasteiger partial charge in [-0.1, -0.05) is 0 Å². The number of aromatic nitrogens is 2. The number of hydrogen-bond donors (Lipinski definition) is 0. The summed E-state index contributed by atoms with van der Waals surface area (Å²) in [7, 11) is 0. The molecule has 0 amide bonds. The van der Waals surface area contributed by atoms with Crippen molar-refractivity contribution in [3.8, 4) is 0 Å². The second-order valence-electron chi connectivity index (χ2n) is 2.53. The summed E-state index contributed by atoms with van der Waals surface area (Å²) >= 11 is 5.57. The Morgan fingerprint density at radius 1 is 1.21 bits per heavy atom. The summed E-state index contributed by atoms with van der Waals surface area (Å²) in [5.74, 6) is 0. The van der Waals surface area contributed by atoms with Gasteiger partial charge in [-0.15, -0.1) is 0 Å². The van der Waals surface area contributed by atoms with Gasteiger partial charge in [0.2, 0.25) is 5.28 Å². The van der Waals surface area contributed by atoms with Crippen LogP contribution in [0.2, 0.25) is 5.28 Å². The highest BCUT2D eigenvalue weighted by Crippen LogP contribution is 2.17. The lowest BCUT2D eigenvalue weighted by molar-refractivity contribution is -0.140. The van der Waals surface area contributed by atoms with Crippen molar-refractivity contribution in [3.05, 3.63) is 23.2 Å². The molecule has 0 saturated carbocycles. The van der Waals surface area contributed by atoms with E-state index in [1.807, 2.05) is 13.8 Å². The monoisotopic (exact) mass is 216 g/mol. The lowest BCUT2D eigenvalue weighted by atomic mass is 10.3. The van der Waals surface area contributed by atoms with E-state index in [0.29, 0.717) is 13.2 Å². The Hall–Kier alpha value is -0.710. The van der Waals surface area contributed by atoms with Crippen molar-refractivity contribution >= 4 is 11.6 Å². The largest absolute Gasteiger partial charge is 0.349 e. The summed E-state index contributed by atoms with van der Waals surface area (Å²) in [4.78, 5) is 7.72. The maximum absolute atomic E-state index is 5.57. The molecular weight excluding hydrogens is 204 g/mol. The first-order valence-corrected chi connectivity index (χ1v) is 4.86. The molecule has 1 rings (SSSR count). The van der Waals surface area contributed by atoms with Gasteiger partial charge in [-0.25, -0.2) is 9.97 Å². The van der Waals surface area contributed by atoms with E-state index in [0.717, 1.165) is 5.56 Å². The Kier molecular flexibility index (Phi) is 4.79. The highest BCUT2D eigenvalue weighted by molar-refractivity contribution is 6.28. The predicted molar refractivity (Wildman–Crippen MR) is 53.0 cm³/mol. The molecule has 0 aromatic carbocycles. The van der Waals surface area contributed by atoms with Gasteiger partial charge < -0.3 is 9.47 Å². The molecule has 0 radical (unpaired) electrons. The Morgan fingerprint density at radius 2 is 1.71 bits per heavy atom. The van der Waals surface area contributed by atoms with E-state index in [4.69, 9.17) is 21.1 Å². The lowest BCUT2D eigenvalue weighted by Crippen LogP contribution is -2.09. The molecule has 0 atom stereocenters. The van der Waals surface area contributed by atoms with E-state index < -0.39 is 6.29 Å². The first-order valence-electron chi connectivity index (χ1n) is 4.48. The molecule has 0 N–H and O–H groups in total. The van der Waals surface area contributed by atoms with Crippen LogP contribution in [0.1, 0.15) is 25.7 Å². The Balaban J connectivity index is 2.71. The molecule has 78 valence electrons. The van der Waals surface area contributed by atoms with Crippen LogP contribution in [0.5, 0.6) is 0 Å². The molecule has 0 unspecified atom stereocenters. The minimum Gasteiger partial charge on any atom is -0.349 e. The van der Waals surface area contributed by atoms with E-state index in [-0.39, 0.29) is 5.28 Å². The summed E-state index contributed by atoms with van der Waals surface area (Å²) in [6.45, 7) is 4.96. The summed E-state index contributed by atoms with van der Waals surface area (Å²) in [6, 6.07) is 0. The quantitative estimate of drug-likeness (QED) is 0.559. The van der Waals surface area contributed by atoms with Gasteiger partial charge in [0.15, 0.2) is 6.29 Å². The first kappa shape index (κ1) is 11.4. The average molecular weight is 217 g/mol. The van der Waals surface area contributed by atoms with Crippen LogP contribution in [-0.4, -0.2) is 23.2 Å². The van der Waals surface area contributed by atoms with Crippen LogP contribution in [0, 0.1) is 0 Å². The van der Waals surface area contributed by atoms with Crippen LogP contribution in [-0.2, 0) is 9.47 Å². The molecular formula is C9H13ClN2O2. The lowest BCUT2D eigenvalue weighted by Gasteiger charge is -2.16. The number of nitrogens with zero attached hydrogens (tertiary/aromatic N) is 2. The van der Waals surface area contributed by atoms with E-state index in [1.165, 1.54) is 0 Å². The van der Waals surface area contributed by atoms with Crippen molar-refractivity contribution in [2.75, 3.05) is 13.2 Å². The molecule has 0 saturated heterocycles. The van der Waals surface area contributed by atoms with Gasteiger partial charge in [-0.3, -0.25) is 0 Å². The summed E-state index contributed by atoms with van der Waals surface area (Å²) in [6.07, 6.45) is 2.80. The van der Waals surface area contributed by atoms with Gasteiger partial charge in [0, 0.05) is 31.2 Å².